The number of benzene rings is 3. The molecule has 0 atom stereocenters. The van der Waals surface area contributed by atoms with Crippen LogP contribution in [0.4, 0.5) is 0 Å². The Labute approximate surface area is 170 Å². The van der Waals surface area contributed by atoms with E-state index in [0.29, 0.717) is 31.6 Å². The fraction of sp³-hybridized carbons (Fsp3) is 0.250. The largest absolute Gasteiger partial charge is 0.496 e. The lowest BCUT2D eigenvalue weighted by atomic mass is 9.98. The predicted octanol–water partition coefficient (Wildman–Crippen LogP) is 3.79. The standard InChI is InChI=1S/C24H24N2O3/c1-16-3-8-22(29-2)21(13-16)19-6-4-18-15-20(7-5-17(18)14-19)24(28)26-11-9-23(27)25-10-12-26/h3-8,13-15H,9-12H2,1-2H3,(H,25,27). The molecule has 3 aromatic carbocycles. The van der Waals surface area contributed by atoms with Gasteiger partial charge in [-0.25, -0.2) is 0 Å². The van der Waals surface area contributed by atoms with Crippen molar-refractivity contribution in [2.45, 2.75) is 13.3 Å². The lowest BCUT2D eigenvalue weighted by Crippen LogP contribution is -2.34. The molecule has 4 rings (SSSR count). The molecule has 1 heterocycles. The number of ether oxygens (including phenoxy) is 1. The number of carbonyl (C=O) groups is 2. The maximum absolute atomic E-state index is 12.9. The number of aryl methyl sites for hydroxylation is 1. The summed E-state index contributed by atoms with van der Waals surface area (Å²) in [6, 6.07) is 18.1. The third-order valence-corrected chi connectivity index (χ3v) is 5.35. The molecule has 0 aromatic heterocycles. The first-order valence-electron chi connectivity index (χ1n) is 9.80. The van der Waals surface area contributed by atoms with Gasteiger partial charge in [-0.2, -0.15) is 0 Å². The Hall–Kier alpha value is -3.34. The van der Waals surface area contributed by atoms with Crippen LogP contribution in [0.15, 0.2) is 54.6 Å². The first-order valence-corrected chi connectivity index (χ1v) is 9.80. The molecular formula is C24H24N2O3. The number of rotatable bonds is 3. The van der Waals surface area contributed by atoms with Crippen LogP contribution in [0.25, 0.3) is 21.9 Å². The van der Waals surface area contributed by atoms with Crippen molar-refractivity contribution < 1.29 is 14.3 Å². The Kier molecular flexibility index (Phi) is 5.21. The van der Waals surface area contributed by atoms with Gasteiger partial charge in [0.1, 0.15) is 5.75 Å². The molecule has 0 spiro atoms. The molecule has 0 aliphatic carbocycles. The molecule has 0 saturated carbocycles. The highest BCUT2D eigenvalue weighted by Crippen LogP contribution is 2.33. The van der Waals surface area contributed by atoms with Crippen molar-refractivity contribution in [3.63, 3.8) is 0 Å². The molecule has 3 aromatic rings. The Morgan fingerprint density at radius 2 is 1.79 bits per heavy atom. The van der Waals surface area contributed by atoms with E-state index in [0.717, 1.165) is 27.6 Å². The summed E-state index contributed by atoms with van der Waals surface area (Å²) in [5.41, 5.74) is 3.95. The van der Waals surface area contributed by atoms with Crippen molar-refractivity contribution >= 4 is 22.6 Å². The molecular weight excluding hydrogens is 364 g/mol. The Bertz CT molecular complexity index is 1090. The van der Waals surface area contributed by atoms with Crippen LogP contribution in [0.1, 0.15) is 22.3 Å². The zero-order valence-corrected chi connectivity index (χ0v) is 16.7. The van der Waals surface area contributed by atoms with E-state index in [4.69, 9.17) is 4.74 Å². The number of carbonyl (C=O) groups excluding carboxylic acids is 2. The van der Waals surface area contributed by atoms with Crippen LogP contribution in [-0.2, 0) is 4.79 Å². The molecule has 1 N–H and O–H groups in total. The van der Waals surface area contributed by atoms with Crippen LogP contribution in [0, 0.1) is 6.92 Å². The minimum absolute atomic E-state index is 0.00193. The fourth-order valence-electron chi connectivity index (χ4n) is 3.75. The van der Waals surface area contributed by atoms with E-state index in [1.165, 1.54) is 5.56 Å². The van der Waals surface area contributed by atoms with Crippen molar-refractivity contribution in [2.24, 2.45) is 0 Å². The van der Waals surface area contributed by atoms with E-state index >= 15 is 0 Å². The number of fused-ring (bicyclic) bond motifs is 1. The highest BCUT2D eigenvalue weighted by Gasteiger charge is 2.20. The zero-order chi connectivity index (χ0) is 20.4. The summed E-state index contributed by atoms with van der Waals surface area (Å²) >= 11 is 0. The molecule has 148 valence electrons. The molecule has 0 bridgehead atoms. The van der Waals surface area contributed by atoms with Crippen LogP contribution in [-0.4, -0.2) is 43.5 Å². The lowest BCUT2D eigenvalue weighted by Gasteiger charge is -2.19. The molecule has 0 radical (unpaired) electrons. The quantitative estimate of drug-likeness (QED) is 0.743. The van der Waals surface area contributed by atoms with Crippen LogP contribution < -0.4 is 10.1 Å². The molecule has 0 unspecified atom stereocenters. The maximum atomic E-state index is 12.9. The molecule has 5 nitrogen and oxygen atoms in total. The van der Waals surface area contributed by atoms with Gasteiger partial charge in [-0.3, -0.25) is 9.59 Å². The Morgan fingerprint density at radius 1 is 1.00 bits per heavy atom. The summed E-state index contributed by atoms with van der Waals surface area (Å²) in [5, 5.41) is 4.88. The highest BCUT2D eigenvalue weighted by molar-refractivity contribution is 5.99. The van der Waals surface area contributed by atoms with E-state index in [1.54, 1.807) is 12.0 Å². The second-order valence-corrected chi connectivity index (χ2v) is 7.37. The first kappa shape index (κ1) is 19.0. The molecule has 29 heavy (non-hydrogen) atoms. The predicted molar refractivity (Wildman–Crippen MR) is 114 cm³/mol. The molecule has 1 aliphatic heterocycles. The van der Waals surface area contributed by atoms with E-state index in [-0.39, 0.29) is 11.8 Å². The first-order chi connectivity index (χ1) is 14.0. The van der Waals surface area contributed by atoms with Crippen molar-refractivity contribution in [1.82, 2.24) is 10.2 Å². The van der Waals surface area contributed by atoms with E-state index in [2.05, 4.69) is 30.4 Å². The van der Waals surface area contributed by atoms with Crippen molar-refractivity contribution in [3.05, 3.63) is 65.7 Å². The average Bonchev–Trinajstić information content (AvgIpc) is 2.97. The van der Waals surface area contributed by atoms with Gasteiger partial charge in [-0.15, -0.1) is 0 Å². The second-order valence-electron chi connectivity index (χ2n) is 7.37. The maximum Gasteiger partial charge on any atom is 0.253 e. The number of nitrogens with zero attached hydrogens (tertiary/aromatic N) is 1. The van der Waals surface area contributed by atoms with Gasteiger partial charge >= 0.3 is 0 Å². The van der Waals surface area contributed by atoms with Crippen LogP contribution in [0.3, 0.4) is 0 Å². The molecule has 2 amide bonds. The number of methoxy groups -OCH3 is 1. The number of hydrogen-bond acceptors (Lipinski definition) is 3. The topological polar surface area (TPSA) is 58.6 Å². The number of nitrogens with one attached hydrogen (secondary N) is 1. The van der Waals surface area contributed by atoms with Gasteiger partial charge in [0.2, 0.25) is 5.91 Å². The molecule has 5 heteroatoms. The Morgan fingerprint density at radius 3 is 2.62 bits per heavy atom. The fourth-order valence-corrected chi connectivity index (χ4v) is 3.75. The molecule has 1 aliphatic rings. The van der Waals surface area contributed by atoms with Crippen LogP contribution in [0.2, 0.25) is 0 Å². The summed E-state index contributed by atoms with van der Waals surface area (Å²) in [7, 11) is 1.68. The highest BCUT2D eigenvalue weighted by atomic mass is 16.5. The van der Waals surface area contributed by atoms with Gasteiger partial charge in [-0.05, 0) is 53.6 Å². The minimum atomic E-state index is -0.0344. The van der Waals surface area contributed by atoms with Gasteiger partial charge < -0.3 is 15.0 Å². The van der Waals surface area contributed by atoms with E-state index in [9.17, 15) is 9.59 Å². The lowest BCUT2D eigenvalue weighted by molar-refractivity contribution is -0.120. The van der Waals surface area contributed by atoms with Gasteiger partial charge in [0.05, 0.1) is 7.11 Å². The summed E-state index contributed by atoms with van der Waals surface area (Å²) in [5.74, 6) is 0.803. The van der Waals surface area contributed by atoms with Gasteiger partial charge in [0, 0.05) is 37.2 Å². The zero-order valence-electron chi connectivity index (χ0n) is 16.7. The summed E-state index contributed by atoms with van der Waals surface area (Å²) < 4.78 is 5.52. The monoisotopic (exact) mass is 388 g/mol. The number of hydrogen-bond donors (Lipinski definition) is 1. The van der Waals surface area contributed by atoms with Gasteiger partial charge in [0.15, 0.2) is 0 Å². The van der Waals surface area contributed by atoms with Crippen LogP contribution >= 0.6 is 0 Å². The van der Waals surface area contributed by atoms with E-state index < -0.39 is 0 Å². The smallest absolute Gasteiger partial charge is 0.253 e. The van der Waals surface area contributed by atoms with Crippen molar-refractivity contribution in [2.75, 3.05) is 26.7 Å². The minimum Gasteiger partial charge on any atom is -0.496 e. The van der Waals surface area contributed by atoms with Crippen LogP contribution in [0.5, 0.6) is 5.75 Å². The molecule has 1 fully saturated rings. The van der Waals surface area contributed by atoms with Gasteiger partial charge in [-0.1, -0.05) is 29.8 Å². The van der Waals surface area contributed by atoms with Crippen molar-refractivity contribution in [3.8, 4) is 16.9 Å². The molecule has 1 saturated heterocycles. The third-order valence-electron chi connectivity index (χ3n) is 5.35. The second kappa shape index (κ2) is 7.95. The Balaban J connectivity index is 1.65. The number of amides is 2. The SMILES string of the molecule is COc1ccc(C)cc1-c1ccc2cc(C(=O)N3CCNC(=O)CC3)ccc2c1. The summed E-state index contributed by atoms with van der Waals surface area (Å²) in [6.07, 6.45) is 0.348. The van der Waals surface area contributed by atoms with Gasteiger partial charge in [0.25, 0.3) is 5.91 Å². The third kappa shape index (κ3) is 3.94. The normalized spacial score (nSPS) is 14.4. The summed E-state index contributed by atoms with van der Waals surface area (Å²) in [4.78, 5) is 26.1. The summed E-state index contributed by atoms with van der Waals surface area (Å²) in [6.45, 7) is 3.55. The average molecular weight is 388 g/mol. The van der Waals surface area contributed by atoms with E-state index in [1.807, 2.05) is 36.4 Å². The van der Waals surface area contributed by atoms with Crippen molar-refractivity contribution in [1.29, 1.82) is 0 Å².